The van der Waals surface area contributed by atoms with Crippen LogP contribution in [-0.4, -0.2) is 15.3 Å². The number of carbonyl (C=O) groups excluding carboxylic acids is 1. The number of benzene rings is 2. The minimum Gasteiger partial charge on any atom is -0.321 e. The van der Waals surface area contributed by atoms with Gasteiger partial charge in [-0.3, -0.25) is 14.0 Å². The summed E-state index contributed by atoms with van der Waals surface area (Å²) in [5, 5.41) is 3.13. The molecule has 1 amide bonds. The first-order valence-corrected chi connectivity index (χ1v) is 9.61. The molecule has 0 atom stereocenters. The molecule has 0 aliphatic heterocycles. The number of nitrogens with zero attached hydrogens (tertiary/aromatic N) is 1. The second-order valence-corrected chi connectivity index (χ2v) is 8.11. The molecule has 4 aromatic rings. The SMILES string of the molecule is O=C(Nc1cccc(C(F)(F)F)c1)c1sc(=S)n2c1[nH]c(=O)c1ccc(Cl)cc12. The number of rotatable bonds is 2. The van der Waals surface area contributed by atoms with Crippen LogP contribution >= 0.6 is 35.2 Å². The van der Waals surface area contributed by atoms with Crippen molar-refractivity contribution in [2.24, 2.45) is 0 Å². The molecule has 0 aliphatic rings. The number of carbonyl (C=O) groups is 1. The van der Waals surface area contributed by atoms with Gasteiger partial charge in [0, 0.05) is 10.7 Å². The number of amides is 1. The molecule has 5 nitrogen and oxygen atoms in total. The molecule has 148 valence electrons. The molecular weight excluding hydrogens is 447 g/mol. The molecule has 0 saturated carbocycles. The Labute approximate surface area is 174 Å². The first-order chi connectivity index (χ1) is 13.6. The molecule has 0 radical (unpaired) electrons. The predicted molar refractivity (Wildman–Crippen MR) is 109 cm³/mol. The van der Waals surface area contributed by atoms with Crippen LogP contribution in [0, 0.1) is 3.95 Å². The zero-order chi connectivity index (χ0) is 20.9. The number of anilines is 1. The first-order valence-electron chi connectivity index (χ1n) is 8.01. The zero-order valence-corrected chi connectivity index (χ0v) is 16.5. The summed E-state index contributed by atoms with van der Waals surface area (Å²) >= 11 is 12.3. The Balaban J connectivity index is 1.83. The van der Waals surface area contributed by atoms with Crippen molar-refractivity contribution in [3.8, 4) is 0 Å². The highest BCUT2D eigenvalue weighted by molar-refractivity contribution is 7.73. The number of fused-ring (bicyclic) bond motifs is 3. The quantitative estimate of drug-likeness (QED) is 0.392. The molecule has 0 fully saturated rings. The molecule has 2 N–H and O–H groups in total. The minimum atomic E-state index is -4.54. The van der Waals surface area contributed by atoms with E-state index in [1.807, 2.05) is 0 Å². The summed E-state index contributed by atoms with van der Waals surface area (Å²) in [7, 11) is 0. The summed E-state index contributed by atoms with van der Waals surface area (Å²) in [4.78, 5) is 27.8. The lowest BCUT2D eigenvalue weighted by Crippen LogP contribution is -2.15. The number of nitrogens with one attached hydrogen (secondary N) is 2. The molecule has 0 aliphatic carbocycles. The Morgan fingerprint density at radius 1 is 1.21 bits per heavy atom. The van der Waals surface area contributed by atoms with E-state index in [1.54, 1.807) is 12.1 Å². The van der Waals surface area contributed by atoms with Gasteiger partial charge < -0.3 is 10.3 Å². The van der Waals surface area contributed by atoms with Crippen LogP contribution in [0.5, 0.6) is 0 Å². The van der Waals surface area contributed by atoms with Crippen molar-refractivity contribution in [2.75, 3.05) is 5.32 Å². The van der Waals surface area contributed by atoms with E-state index in [4.69, 9.17) is 23.8 Å². The Hall–Kier alpha value is -2.69. The summed E-state index contributed by atoms with van der Waals surface area (Å²) in [5.41, 5.74) is -0.801. The van der Waals surface area contributed by atoms with Crippen LogP contribution in [0.25, 0.3) is 16.6 Å². The summed E-state index contributed by atoms with van der Waals surface area (Å²) < 4.78 is 40.4. The largest absolute Gasteiger partial charge is 0.416 e. The van der Waals surface area contributed by atoms with Crippen molar-refractivity contribution in [2.45, 2.75) is 6.18 Å². The molecule has 0 saturated heterocycles. The summed E-state index contributed by atoms with van der Waals surface area (Å²) in [5.74, 6) is -0.694. The molecule has 2 aromatic heterocycles. The monoisotopic (exact) mass is 455 g/mol. The number of aromatic nitrogens is 2. The van der Waals surface area contributed by atoms with Crippen molar-refractivity contribution in [3.05, 3.63) is 72.2 Å². The lowest BCUT2D eigenvalue weighted by atomic mass is 10.2. The smallest absolute Gasteiger partial charge is 0.321 e. The van der Waals surface area contributed by atoms with Gasteiger partial charge >= 0.3 is 6.18 Å². The standard InChI is InChI=1S/C18H9ClF3N3O2S2/c19-9-4-5-11-12(7-9)25-14(24-15(11)26)13(29-17(25)28)16(27)23-10-3-1-2-8(6-10)18(20,21)22/h1-7H,(H,23,27)(H,24,26). The Morgan fingerprint density at radius 2 is 1.97 bits per heavy atom. The molecule has 0 unspecified atom stereocenters. The summed E-state index contributed by atoms with van der Waals surface area (Å²) in [6.07, 6.45) is -4.54. The van der Waals surface area contributed by atoms with Crippen LogP contribution < -0.4 is 10.9 Å². The highest BCUT2D eigenvalue weighted by atomic mass is 35.5. The number of halogens is 4. The Kier molecular flexibility index (Phi) is 4.72. The van der Waals surface area contributed by atoms with Crippen molar-refractivity contribution in [1.82, 2.24) is 9.38 Å². The van der Waals surface area contributed by atoms with E-state index in [0.717, 1.165) is 23.5 Å². The van der Waals surface area contributed by atoms with E-state index in [1.165, 1.54) is 22.6 Å². The van der Waals surface area contributed by atoms with Crippen LogP contribution in [0.3, 0.4) is 0 Å². The minimum absolute atomic E-state index is 0.0338. The molecule has 0 bridgehead atoms. The van der Waals surface area contributed by atoms with Gasteiger partial charge in [0.2, 0.25) is 0 Å². The average molecular weight is 456 g/mol. The maximum atomic E-state index is 12.9. The van der Waals surface area contributed by atoms with Crippen molar-refractivity contribution in [3.63, 3.8) is 0 Å². The number of H-pyrrole nitrogens is 1. The molecule has 11 heteroatoms. The maximum Gasteiger partial charge on any atom is 0.416 e. The summed E-state index contributed by atoms with van der Waals surface area (Å²) in [6.45, 7) is 0. The molecule has 0 spiro atoms. The van der Waals surface area contributed by atoms with Gasteiger partial charge in [0.05, 0.1) is 16.5 Å². The Morgan fingerprint density at radius 3 is 2.69 bits per heavy atom. The van der Waals surface area contributed by atoms with Crippen LogP contribution in [0.4, 0.5) is 18.9 Å². The van der Waals surface area contributed by atoms with Crippen molar-refractivity contribution >= 4 is 63.3 Å². The van der Waals surface area contributed by atoms with Gasteiger partial charge in [-0.1, -0.05) is 29.0 Å². The second kappa shape index (κ2) is 6.97. The van der Waals surface area contributed by atoms with E-state index in [9.17, 15) is 22.8 Å². The third-order valence-corrected chi connectivity index (χ3v) is 5.75. The average Bonchev–Trinajstić information content (AvgIpc) is 2.98. The van der Waals surface area contributed by atoms with E-state index >= 15 is 0 Å². The van der Waals surface area contributed by atoms with Crippen LogP contribution in [0.1, 0.15) is 15.2 Å². The highest BCUT2D eigenvalue weighted by Crippen LogP contribution is 2.31. The third-order valence-electron chi connectivity index (χ3n) is 4.14. The second-order valence-electron chi connectivity index (χ2n) is 6.03. The Bertz CT molecular complexity index is 1410. The predicted octanol–water partition coefficient (Wildman–Crippen LogP) is 5.50. The molecule has 4 rings (SSSR count). The fourth-order valence-electron chi connectivity index (χ4n) is 2.88. The van der Waals surface area contributed by atoms with E-state index < -0.39 is 23.2 Å². The number of alkyl halides is 3. The third kappa shape index (κ3) is 3.54. The highest BCUT2D eigenvalue weighted by Gasteiger charge is 2.30. The van der Waals surface area contributed by atoms with E-state index in [-0.39, 0.29) is 20.2 Å². The van der Waals surface area contributed by atoms with Gasteiger partial charge in [-0.15, -0.1) is 0 Å². The number of aromatic amines is 1. The van der Waals surface area contributed by atoms with Crippen LogP contribution in [0.2, 0.25) is 5.02 Å². The molecule has 2 aromatic carbocycles. The van der Waals surface area contributed by atoms with Gasteiger partial charge in [0.1, 0.15) is 10.5 Å². The zero-order valence-electron chi connectivity index (χ0n) is 14.1. The van der Waals surface area contributed by atoms with Gasteiger partial charge in [0.25, 0.3) is 11.5 Å². The maximum absolute atomic E-state index is 12.9. The first kappa shape index (κ1) is 19.6. The van der Waals surface area contributed by atoms with Gasteiger partial charge in [-0.25, -0.2) is 0 Å². The molecule has 2 heterocycles. The van der Waals surface area contributed by atoms with E-state index in [2.05, 4.69) is 10.3 Å². The topological polar surface area (TPSA) is 66.4 Å². The summed E-state index contributed by atoms with van der Waals surface area (Å²) in [6, 6.07) is 8.91. The van der Waals surface area contributed by atoms with Gasteiger partial charge in [0.15, 0.2) is 3.95 Å². The van der Waals surface area contributed by atoms with Gasteiger partial charge in [-0.05, 0) is 48.6 Å². The number of hydrogen-bond acceptors (Lipinski definition) is 4. The van der Waals surface area contributed by atoms with Gasteiger partial charge in [-0.2, -0.15) is 13.2 Å². The lowest BCUT2D eigenvalue weighted by Gasteiger charge is -2.09. The lowest BCUT2D eigenvalue weighted by molar-refractivity contribution is -0.137. The molecular formula is C18H9ClF3N3O2S2. The van der Waals surface area contributed by atoms with Crippen molar-refractivity contribution in [1.29, 1.82) is 0 Å². The van der Waals surface area contributed by atoms with Crippen molar-refractivity contribution < 1.29 is 18.0 Å². The van der Waals surface area contributed by atoms with Crippen LogP contribution in [-0.2, 0) is 6.18 Å². The molecule has 29 heavy (non-hydrogen) atoms. The number of thiazole rings is 1. The van der Waals surface area contributed by atoms with Crippen LogP contribution in [0.15, 0.2) is 47.3 Å². The van der Waals surface area contributed by atoms with E-state index in [0.29, 0.717) is 15.9 Å². The normalized spacial score (nSPS) is 11.9. The fourth-order valence-corrected chi connectivity index (χ4v) is 4.32. The number of hydrogen-bond donors (Lipinski definition) is 2. The fraction of sp³-hybridized carbons (Fsp3) is 0.0556.